The monoisotopic (exact) mass is 296 g/mol. The highest BCUT2D eigenvalue weighted by molar-refractivity contribution is 7.89. The number of hydrogen-bond acceptors (Lipinski definition) is 3. The van der Waals surface area contributed by atoms with Crippen molar-refractivity contribution in [3.63, 3.8) is 0 Å². The Kier molecular flexibility index (Phi) is 4.77. The molecule has 1 amide bonds. The molecule has 0 atom stereocenters. The minimum absolute atomic E-state index is 0.0261. The van der Waals surface area contributed by atoms with Gasteiger partial charge in [-0.3, -0.25) is 4.79 Å². The van der Waals surface area contributed by atoms with E-state index in [-0.39, 0.29) is 16.8 Å². The van der Waals surface area contributed by atoms with Crippen LogP contribution >= 0.6 is 0 Å². The molecule has 0 aliphatic heterocycles. The van der Waals surface area contributed by atoms with Crippen LogP contribution in [0.1, 0.15) is 39.0 Å². The lowest BCUT2D eigenvalue weighted by atomic mass is 9.96. The largest absolute Gasteiger partial charge is 0.326 e. The lowest BCUT2D eigenvalue weighted by molar-refractivity contribution is -0.114. The number of carbonyl (C=O) groups is 1. The zero-order chi connectivity index (χ0) is 14.6. The summed E-state index contributed by atoms with van der Waals surface area (Å²) in [5.74, 6) is -0.222. The summed E-state index contributed by atoms with van der Waals surface area (Å²) in [6.45, 7) is 1.39. The van der Waals surface area contributed by atoms with E-state index in [9.17, 15) is 13.2 Å². The average molecular weight is 296 g/mol. The SMILES string of the molecule is CC(=O)Nc1cccc(S(=O)(=O)NC2CCCCC2)c1. The molecule has 2 rings (SSSR count). The molecule has 0 radical (unpaired) electrons. The smallest absolute Gasteiger partial charge is 0.240 e. The van der Waals surface area contributed by atoms with Crippen LogP contribution < -0.4 is 10.0 Å². The molecular weight excluding hydrogens is 276 g/mol. The van der Waals surface area contributed by atoms with Crippen LogP contribution in [-0.4, -0.2) is 20.4 Å². The van der Waals surface area contributed by atoms with Gasteiger partial charge in [0.05, 0.1) is 4.90 Å². The molecule has 1 fully saturated rings. The van der Waals surface area contributed by atoms with Crippen molar-refractivity contribution in [2.75, 3.05) is 5.32 Å². The predicted octanol–water partition coefficient (Wildman–Crippen LogP) is 2.26. The third-order valence-electron chi connectivity index (χ3n) is 3.39. The van der Waals surface area contributed by atoms with Gasteiger partial charge >= 0.3 is 0 Å². The Morgan fingerprint density at radius 3 is 2.55 bits per heavy atom. The van der Waals surface area contributed by atoms with Gasteiger partial charge in [0.1, 0.15) is 0 Å². The van der Waals surface area contributed by atoms with Crippen molar-refractivity contribution in [2.45, 2.75) is 50.0 Å². The molecule has 0 unspecified atom stereocenters. The van der Waals surface area contributed by atoms with Gasteiger partial charge in [0.15, 0.2) is 0 Å². The average Bonchev–Trinajstić information content (AvgIpc) is 2.39. The molecule has 5 nitrogen and oxygen atoms in total. The van der Waals surface area contributed by atoms with Crippen molar-refractivity contribution in [2.24, 2.45) is 0 Å². The standard InChI is InChI=1S/C14H20N2O3S/c1-11(17)15-13-8-5-9-14(10-13)20(18,19)16-12-6-3-2-4-7-12/h5,8-10,12,16H,2-4,6-7H2,1H3,(H,15,17). The molecule has 1 aromatic carbocycles. The quantitative estimate of drug-likeness (QED) is 0.895. The first-order chi connectivity index (χ1) is 9.47. The summed E-state index contributed by atoms with van der Waals surface area (Å²) in [6, 6.07) is 6.34. The zero-order valence-electron chi connectivity index (χ0n) is 11.6. The first-order valence-electron chi connectivity index (χ1n) is 6.87. The number of rotatable bonds is 4. The normalized spacial score (nSPS) is 16.9. The van der Waals surface area contributed by atoms with Crippen molar-refractivity contribution in [3.05, 3.63) is 24.3 Å². The lowest BCUT2D eigenvalue weighted by Crippen LogP contribution is -2.36. The van der Waals surface area contributed by atoms with Gasteiger partial charge in [-0.2, -0.15) is 0 Å². The first kappa shape index (κ1) is 15.0. The van der Waals surface area contributed by atoms with E-state index in [4.69, 9.17) is 0 Å². The molecule has 0 saturated heterocycles. The van der Waals surface area contributed by atoms with Crippen LogP contribution in [0.25, 0.3) is 0 Å². The van der Waals surface area contributed by atoms with E-state index in [1.807, 2.05) is 0 Å². The molecule has 6 heteroatoms. The van der Waals surface area contributed by atoms with Gasteiger partial charge in [-0.25, -0.2) is 13.1 Å². The summed E-state index contributed by atoms with van der Waals surface area (Å²) in [6.07, 6.45) is 5.10. The first-order valence-corrected chi connectivity index (χ1v) is 8.36. The number of sulfonamides is 1. The number of benzene rings is 1. The van der Waals surface area contributed by atoms with Crippen LogP contribution in [0.5, 0.6) is 0 Å². The number of hydrogen-bond donors (Lipinski definition) is 2. The Bertz CT molecular complexity index is 578. The van der Waals surface area contributed by atoms with Crippen molar-refractivity contribution in [3.8, 4) is 0 Å². The topological polar surface area (TPSA) is 75.3 Å². The Hall–Kier alpha value is -1.40. The van der Waals surface area contributed by atoms with Crippen molar-refractivity contribution >= 4 is 21.6 Å². The van der Waals surface area contributed by atoms with Gasteiger partial charge < -0.3 is 5.32 Å². The van der Waals surface area contributed by atoms with Gasteiger partial charge in [0.25, 0.3) is 0 Å². The Morgan fingerprint density at radius 2 is 1.90 bits per heavy atom. The molecule has 110 valence electrons. The molecule has 0 bridgehead atoms. The van der Waals surface area contributed by atoms with Crippen LogP contribution in [0.15, 0.2) is 29.2 Å². The fourth-order valence-electron chi connectivity index (χ4n) is 2.45. The molecule has 2 N–H and O–H groups in total. The number of carbonyl (C=O) groups excluding carboxylic acids is 1. The molecule has 1 aliphatic carbocycles. The van der Waals surface area contributed by atoms with Crippen LogP contribution in [0.4, 0.5) is 5.69 Å². The van der Waals surface area contributed by atoms with E-state index in [0.29, 0.717) is 5.69 Å². The Balaban J connectivity index is 2.13. The highest BCUT2D eigenvalue weighted by atomic mass is 32.2. The van der Waals surface area contributed by atoms with Crippen LogP contribution in [0.2, 0.25) is 0 Å². The van der Waals surface area contributed by atoms with E-state index in [0.717, 1.165) is 25.7 Å². The van der Waals surface area contributed by atoms with E-state index in [1.165, 1.54) is 25.5 Å². The summed E-state index contributed by atoms with van der Waals surface area (Å²) in [4.78, 5) is 11.2. The van der Waals surface area contributed by atoms with E-state index in [2.05, 4.69) is 10.0 Å². The van der Waals surface area contributed by atoms with Gasteiger partial charge in [-0.1, -0.05) is 25.3 Å². The van der Waals surface area contributed by atoms with E-state index >= 15 is 0 Å². The molecule has 1 aromatic rings. The van der Waals surface area contributed by atoms with E-state index in [1.54, 1.807) is 12.1 Å². The maximum Gasteiger partial charge on any atom is 0.240 e. The zero-order valence-corrected chi connectivity index (χ0v) is 12.4. The molecule has 1 aliphatic rings. The van der Waals surface area contributed by atoms with Gasteiger partial charge in [0.2, 0.25) is 15.9 Å². The predicted molar refractivity (Wildman–Crippen MR) is 77.9 cm³/mol. The van der Waals surface area contributed by atoms with Gasteiger partial charge in [-0.15, -0.1) is 0 Å². The minimum atomic E-state index is -3.52. The third-order valence-corrected chi connectivity index (χ3v) is 4.91. The summed E-state index contributed by atoms with van der Waals surface area (Å²) in [5, 5.41) is 2.59. The molecule has 1 saturated carbocycles. The van der Waals surface area contributed by atoms with Crippen LogP contribution in [0.3, 0.4) is 0 Å². The molecule has 20 heavy (non-hydrogen) atoms. The third kappa shape index (κ3) is 4.05. The highest BCUT2D eigenvalue weighted by Crippen LogP contribution is 2.21. The molecule has 0 heterocycles. The maximum atomic E-state index is 12.3. The second-order valence-electron chi connectivity index (χ2n) is 5.17. The van der Waals surface area contributed by atoms with Crippen LogP contribution in [0, 0.1) is 0 Å². The minimum Gasteiger partial charge on any atom is -0.326 e. The van der Waals surface area contributed by atoms with Gasteiger partial charge in [0, 0.05) is 18.7 Å². The maximum absolute atomic E-state index is 12.3. The second-order valence-corrected chi connectivity index (χ2v) is 6.88. The van der Waals surface area contributed by atoms with E-state index < -0.39 is 10.0 Å². The second kappa shape index (κ2) is 6.37. The number of amides is 1. The summed E-state index contributed by atoms with van der Waals surface area (Å²) in [7, 11) is -3.52. The fraction of sp³-hybridized carbons (Fsp3) is 0.500. The van der Waals surface area contributed by atoms with Crippen molar-refractivity contribution in [1.29, 1.82) is 0 Å². The lowest BCUT2D eigenvalue weighted by Gasteiger charge is -2.22. The van der Waals surface area contributed by atoms with Gasteiger partial charge in [-0.05, 0) is 31.0 Å². The molecule has 0 aromatic heterocycles. The molecule has 0 spiro atoms. The number of nitrogens with one attached hydrogen (secondary N) is 2. The Labute approximate surface area is 119 Å². The van der Waals surface area contributed by atoms with Crippen molar-refractivity contribution < 1.29 is 13.2 Å². The van der Waals surface area contributed by atoms with Crippen LogP contribution in [-0.2, 0) is 14.8 Å². The summed E-state index contributed by atoms with van der Waals surface area (Å²) in [5.41, 5.74) is 0.490. The number of anilines is 1. The fourth-order valence-corrected chi connectivity index (χ4v) is 3.80. The van der Waals surface area contributed by atoms with Crippen molar-refractivity contribution in [1.82, 2.24) is 4.72 Å². The molecular formula is C14H20N2O3S. The summed E-state index contributed by atoms with van der Waals surface area (Å²) >= 11 is 0. The summed E-state index contributed by atoms with van der Waals surface area (Å²) < 4.78 is 27.4. The highest BCUT2D eigenvalue weighted by Gasteiger charge is 2.21. The Morgan fingerprint density at radius 1 is 1.20 bits per heavy atom.